The Hall–Kier alpha value is -0.0700. The second-order valence-electron chi connectivity index (χ2n) is 2.18. The van der Waals surface area contributed by atoms with Crippen LogP contribution in [0.3, 0.4) is 0 Å². The van der Waals surface area contributed by atoms with Crippen molar-refractivity contribution in [2.24, 2.45) is 0 Å². The Kier molecular flexibility index (Phi) is 14.1. The zero-order chi connectivity index (χ0) is 9.23. The molecular weight excluding hydrogens is 226 g/mol. The molecule has 0 spiro atoms. The largest absolute Gasteiger partial charge is 0.305 e. The quantitative estimate of drug-likeness (QED) is 0.521. The predicted molar refractivity (Wildman–Crippen MR) is 60.9 cm³/mol. The molecule has 74 valence electrons. The summed E-state index contributed by atoms with van der Waals surface area (Å²) in [6.45, 7) is 1.81. The molecular formula is C7H12ClN3S2. The van der Waals surface area contributed by atoms with Gasteiger partial charge < -0.3 is 4.90 Å². The fourth-order valence-corrected chi connectivity index (χ4v) is 1.59. The van der Waals surface area contributed by atoms with Gasteiger partial charge in [0.25, 0.3) is 0 Å². The van der Waals surface area contributed by atoms with Crippen molar-refractivity contribution in [2.75, 3.05) is 31.6 Å². The third-order valence-electron chi connectivity index (χ3n) is 1.28. The van der Waals surface area contributed by atoms with Gasteiger partial charge in [0.2, 0.25) is 0 Å². The predicted octanol–water partition coefficient (Wildman–Crippen LogP) is 1.77. The van der Waals surface area contributed by atoms with Crippen LogP contribution in [0.2, 0.25) is 0 Å². The van der Waals surface area contributed by atoms with E-state index in [-0.39, 0.29) is 12.4 Å². The second-order valence-corrected chi connectivity index (χ2v) is 3.94. The summed E-state index contributed by atoms with van der Waals surface area (Å²) in [5, 5.41) is 20.5. The number of thiocyanates is 2. The van der Waals surface area contributed by atoms with Crippen LogP contribution in [0, 0.1) is 21.3 Å². The van der Waals surface area contributed by atoms with E-state index in [9.17, 15) is 0 Å². The fourth-order valence-electron chi connectivity index (χ4n) is 0.606. The number of rotatable bonds is 6. The molecule has 0 aliphatic rings. The van der Waals surface area contributed by atoms with Gasteiger partial charge >= 0.3 is 0 Å². The Bertz CT molecular complexity index is 167. The average molecular weight is 238 g/mol. The third-order valence-corrected chi connectivity index (χ3v) is 2.31. The third kappa shape index (κ3) is 11.9. The standard InChI is InChI=1S/C7H11N3S2.ClH/c1-10(2-4-11-6-8)3-5-12-7-9;/h2-5H2,1H3;1H. The van der Waals surface area contributed by atoms with Crippen molar-refractivity contribution < 1.29 is 0 Å². The Morgan fingerprint density at radius 3 is 1.77 bits per heavy atom. The lowest BCUT2D eigenvalue weighted by atomic mass is 10.6. The first-order valence-electron chi connectivity index (χ1n) is 3.51. The van der Waals surface area contributed by atoms with E-state index >= 15 is 0 Å². The zero-order valence-corrected chi connectivity index (χ0v) is 9.84. The molecule has 0 heterocycles. The molecule has 6 heteroatoms. The molecule has 0 N–H and O–H groups in total. The monoisotopic (exact) mass is 237 g/mol. The Morgan fingerprint density at radius 1 is 1.08 bits per heavy atom. The Labute approximate surface area is 93.9 Å². The van der Waals surface area contributed by atoms with Crippen molar-refractivity contribution >= 4 is 35.9 Å². The van der Waals surface area contributed by atoms with Crippen molar-refractivity contribution in [1.29, 1.82) is 10.5 Å². The van der Waals surface area contributed by atoms with Crippen LogP contribution in [0.15, 0.2) is 0 Å². The zero-order valence-electron chi connectivity index (χ0n) is 7.39. The average Bonchev–Trinajstić information content (AvgIpc) is 2.06. The number of hydrogen-bond acceptors (Lipinski definition) is 5. The van der Waals surface area contributed by atoms with Gasteiger partial charge in [0.1, 0.15) is 10.8 Å². The summed E-state index contributed by atoms with van der Waals surface area (Å²) in [4.78, 5) is 2.12. The first-order chi connectivity index (χ1) is 5.81. The van der Waals surface area contributed by atoms with E-state index in [2.05, 4.69) is 4.90 Å². The van der Waals surface area contributed by atoms with Gasteiger partial charge in [0, 0.05) is 24.6 Å². The van der Waals surface area contributed by atoms with E-state index in [1.54, 1.807) is 0 Å². The fraction of sp³-hybridized carbons (Fsp3) is 0.714. The molecule has 0 aromatic heterocycles. The minimum absolute atomic E-state index is 0. The Morgan fingerprint density at radius 2 is 1.46 bits per heavy atom. The van der Waals surface area contributed by atoms with Crippen LogP contribution in [0.1, 0.15) is 0 Å². The SMILES string of the molecule is CN(CCSC#N)CCSC#N.Cl. The second kappa shape index (κ2) is 11.9. The molecule has 0 aliphatic carbocycles. The summed E-state index contributed by atoms with van der Waals surface area (Å²) in [5.41, 5.74) is 0. The van der Waals surface area contributed by atoms with E-state index in [1.165, 1.54) is 23.5 Å². The Balaban J connectivity index is 0. The van der Waals surface area contributed by atoms with E-state index < -0.39 is 0 Å². The van der Waals surface area contributed by atoms with Crippen LogP contribution in [0.5, 0.6) is 0 Å². The maximum atomic E-state index is 8.24. The van der Waals surface area contributed by atoms with Crippen LogP contribution in [-0.2, 0) is 0 Å². The molecule has 13 heavy (non-hydrogen) atoms. The van der Waals surface area contributed by atoms with Gasteiger partial charge in [-0.2, -0.15) is 10.5 Å². The van der Waals surface area contributed by atoms with Crippen molar-refractivity contribution in [3.8, 4) is 10.8 Å². The highest BCUT2D eigenvalue weighted by atomic mass is 35.5. The van der Waals surface area contributed by atoms with Crippen molar-refractivity contribution in [2.45, 2.75) is 0 Å². The van der Waals surface area contributed by atoms with Gasteiger partial charge in [0.05, 0.1) is 0 Å². The molecule has 0 amide bonds. The molecule has 0 saturated carbocycles. The number of nitrogens with zero attached hydrogens (tertiary/aromatic N) is 3. The molecule has 0 rings (SSSR count). The lowest BCUT2D eigenvalue weighted by molar-refractivity contribution is 0.380. The number of halogens is 1. The summed E-state index contributed by atoms with van der Waals surface area (Å²) in [5.74, 6) is 1.68. The maximum absolute atomic E-state index is 8.24. The molecule has 0 radical (unpaired) electrons. The number of nitriles is 2. The van der Waals surface area contributed by atoms with Crippen molar-refractivity contribution in [3.05, 3.63) is 0 Å². The topological polar surface area (TPSA) is 50.8 Å². The molecule has 0 fully saturated rings. The lowest BCUT2D eigenvalue weighted by Crippen LogP contribution is -2.23. The molecule has 0 unspecified atom stereocenters. The van der Waals surface area contributed by atoms with E-state index in [4.69, 9.17) is 10.5 Å². The van der Waals surface area contributed by atoms with Crippen LogP contribution < -0.4 is 0 Å². The minimum Gasteiger partial charge on any atom is -0.305 e. The smallest absolute Gasteiger partial charge is 0.133 e. The molecule has 0 aromatic carbocycles. The lowest BCUT2D eigenvalue weighted by Gasteiger charge is -2.13. The highest BCUT2D eigenvalue weighted by Crippen LogP contribution is 1.99. The molecule has 0 atom stereocenters. The summed E-state index contributed by atoms with van der Waals surface area (Å²) >= 11 is 2.54. The van der Waals surface area contributed by atoms with Gasteiger partial charge in [-0.3, -0.25) is 0 Å². The summed E-state index contributed by atoms with van der Waals surface area (Å²) in [6, 6.07) is 0. The van der Waals surface area contributed by atoms with Crippen molar-refractivity contribution in [3.63, 3.8) is 0 Å². The first kappa shape index (κ1) is 15.4. The molecule has 0 aromatic rings. The van der Waals surface area contributed by atoms with Crippen LogP contribution in [-0.4, -0.2) is 36.5 Å². The molecule has 3 nitrogen and oxygen atoms in total. The van der Waals surface area contributed by atoms with Gasteiger partial charge in [-0.15, -0.1) is 12.4 Å². The highest BCUT2D eigenvalue weighted by Gasteiger charge is 1.97. The summed E-state index contributed by atoms with van der Waals surface area (Å²) < 4.78 is 0. The van der Waals surface area contributed by atoms with E-state index in [0.717, 1.165) is 24.6 Å². The van der Waals surface area contributed by atoms with E-state index in [1.807, 2.05) is 17.9 Å². The van der Waals surface area contributed by atoms with Crippen LogP contribution in [0.25, 0.3) is 0 Å². The van der Waals surface area contributed by atoms with Crippen LogP contribution >= 0.6 is 35.9 Å². The first-order valence-corrected chi connectivity index (χ1v) is 5.48. The summed E-state index contributed by atoms with van der Waals surface area (Å²) in [7, 11) is 2.00. The normalized spacial score (nSPS) is 8.62. The maximum Gasteiger partial charge on any atom is 0.133 e. The molecule has 0 bridgehead atoms. The molecule has 0 aliphatic heterocycles. The molecule has 0 saturated heterocycles. The number of hydrogen-bond donors (Lipinski definition) is 0. The van der Waals surface area contributed by atoms with Gasteiger partial charge in [-0.25, -0.2) is 0 Å². The van der Waals surface area contributed by atoms with E-state index in [0.29, 0.717) is 0 Å². The van der Waals surface area contributed by atoms with Gasteiger partial charge in [-0.05, 0) is 30.6 Å². The highest BCUT2D eigenvalue weighted by molar-refractivity contribution is 8.03. The van der Waals surface area contributed by atoms with Gasteiger partial charge in [0.15, 0.2) is 0 Å². The summed E-state index contributed by atoms with van der Waals surface area (Å²) in [6.07, 6.45) is 0. The minimum atomic E-state index is 0. The van der Waals surface area contributed by atoms with Gasteiger partial charge in [-0.1, -0.05) is 0 Å². The van der Waals surface area contributed by atoms with Crippen molar-refractivity contribution in [1.82, 2.24) is 4.90 Å². The number of thioether (sulfide) groups is 2. The van der Waals surface area contributed by atoms with Crippen LogP contribution in [0.4, 0.5) is 0 Å².